The van der Waals surface area contributed by atoms with Crippen LogP contribution in [0.4, 0.5) is 17.1 Å². The van der Waals surface area contributed by atoms with E-state index in [1.165, 1.54) is 32.8 Å². The molecule has 3 nitrogen and oxygen atoms in total. The lowest BCUT2D eigenvalue weighted by molar-refractivity contribution is 0.645. The highest BCUT2D eigenvalue weighted by atomic mass is 16.3. The van der Waals surface area contributed by atoms with Crippen LogP contribution in [0.3, 0.4) is 0 Å². The van der Waals surface area contributed by atoms with Gasteiger partial charge in [0, 0.05) is 50.1 Å². The first-order chi connectivity index (χ1) is 25.8. The Morgan fingerprint density at radius 2 is 1.04 bits per heavy atom. The zero-order chi connectivity index (χ0) is 34.4. The van der Waals surface area contributed by atoms with E-state index in [0.717, 1.165) is 68.4 Å². The Morgan fingerprint density at radius 1 is 0.423 bits per heavy atom. The first-order valence-corrected chi connectivity index (χ1v) is 18.0. The van der Waals surface area contributed by atoms with Crippen LogP contribution in [0.1, 0.15) is 29.0 Å². The Labute approximate surface area is 302 Å². The van der Waals surface area contributed by atoms with Crippen molar-refractivity contribution in [2.24, 2.45) is 0 Å². The molecule has 0 aliphatic carbocycles. The molecule has 2 aromatic heterocycles. The number of aryl methyl sites for hydroxylation is 1. The van der Waals surface area contributed by atoms with Gasteiger partial charge in [0.05, 0.1) is 0 Å². The molecular weight excluding hydrogens is 635 g/mol. The Balaban J connectivity index is 1.09. The van der Waals surface area contributed by atoms with Crippen LogP contribution in [0.2, 0.25) is 0 Å². The van der Waals surface area contributed by atoms with Crippen molar-refractivity contribution >= 4 is 71.7 Å². The van der Waals surface area contributed by atoms with E-state index in [0.29, 0.717) is 0 Å². The van der Waals surface area contributed by atoms with Crippen molar-refractivity contribution in [2.45, 2.75) is 18.8 Å². The maximum atomic E-state index is 6.68. The van der Waals surface area contributed by atoms with E-state index in [1.807, 2.05) is 6.07 Å². The van der Waals surface area contributed by atoms with Crippen LogP contribution in [-0.4, -0.2) is 0 Å². The summed E-state index contributed by atoms with van der Waals surface area (Å²) < 4.78 is 13.2. The SMILES string of the molecule is c1ccc(C(CCc2cc3oc4ccc(N(c5ccccc5)c5ccccc5)cc4c3c3ccccc23)c2cccc3c2oc2ccccc23)cc1. The molecule has 0 radical (unpaired) electrons. The third-order valence-electron chi connectivity index (χ3n) is 10.5. The van der Waals surface area contributed by atoms with Crippen LogP contribution in [-0.2, 0) is 6.42 Å². The molecule has 0 aliphatic rings. The number of fused-ring (bicyclic) bond motifs is 8. The molecule has 0 aliphatic heterocycles. The van der Waals surface area contributed by atoms with E-state index in [4.69, 9.17) is 8.83 Å². The van der Waals surface area contributed by atoms with Gasteiger partial charge in [-0.05, 0) is 89.3 Å². The van der Waals surface area contributed by atoms with Crippen LogP contribution in [0.25, 0.3) is 54.6 Å². The van der Waals surface area contributed by atoms with Gasteiger partial charge in [-0.1, -0.05) is 127 Å². The maximum absolute atomic E-state index is 6.68. The normalized spacial score (nSPS) is 12.3. The zero-order valence-electron chi connectivity index (χ0n) is 28.6. The van der Waals surface area contributed by atoms with Gasteiger partial charge in [-0.2, -0.15) is 0 Å². The van der Waals surface area contributed by atoms with Gasteiger partial charge in [-0.25, -0.2) is 0 Å². The van der Waals surface area contributed by atoms with Crippen LogP contribution >= 0.6 is 0 Å². The molecule has 10 rings (SSSR count). The standard InChI is InChI=1S/C49H35NO2/c1-4-15-33(16-5-1)39(42-24-14-25-43-40-22-12-13-26-45(40)52-49(42)43)29-27-34-31-47-48(41-23-11-10-21-38(34)41)44-32-37(28-30-46(44)51-47)50(35-17-6-2-7-18-35)36-19-8-3-9-20-36/h1-26,28,30-32,39H,27,29H2. The lowest BCUT2D eigenvalue weighted by atomic mass is 9.84. The van der Waals surface area contributed by atoms with Crippen molar-refractivity contribution < 1.29 is 8.83 Å². The Hall–Kier alpha value is -6.58. The fraction of sp³-hybridized carbons (Fsp3) is 0.0612. The van der Waals surface area contributed by atoms with Gasteiger partial charge < -0.3 is 13.7 Å². The number of nitrogens with zero attached hydrogens (tertiary/aromatic N) is 1. The van der Waals surface area contributed by atoms with Crippen LogP contribution < -0.4 is 4.90 Å². The quantitative estimate of drug-likeness (QED) is 0.161. The Bertz CT molecular complexity index is 2810. The first-order valence-electron chi connectivity index (χ1n) is 18.0. The molecule has 1 unspecified atom stereocenters. The third-order valence-corrected chi connectivity index (χ3v) is 10.5. The van der Waals surface area contributed by atoms with E-state index in [1.54, 1.807) is 0 Å². The van der Waals surface area contributed by atoms with Gasteiger partial charge in [0.25, 0.3) is 0 Å². The van der Waals surface area contributed by atoms with Crippen molar-refractivity contribution in [1.29, 1.82) is 0 Å². The van der Waals surface area contributed by atoms with Crippen LogP contribution in [0.5, 0.6) is 0 Å². The van der Waals surface area contributed by atoms with Gasteiger partial charge >= 0.3 is 0 Å². The first kappa shape index (κ1) is 30.3. The number of benzene rings is 8. The molecule has 3 heteroatoms. The van der Waals surface area contributed by atoms with Gasteiger partial charge in [-0.3, -0.25) is 0 Å². The molecule has 10 aromatic rings. The van der Waals surface area contributed by atoms with Crippen molar-refractivity contribution in [3.8, 4) is 0 Å². The average Bonchev–Trinajstić information content (AvgIpc) is 3.78. The summed E-state index contributed by atoms with van der Waals surface area (Å²) >= 11 is 0. The second-order valence-corrected chi connectivity index (χ2v) is 13.6. The van der Waals surface area contributed by atoms with E-state index in [9.17, 15) is 0 Å². The second kappa shape index (κ2) is 12.6. The summed E-state index contributed by atoms with van der Waals surface area (Å²) in [5, 5.41) is 7.08. The van der Waals surface area contributed by atoms with Crippen LogP contribution in [0, 0.1) is 0 Å². The maximum Gasteiger partial charge on any atom is 0.139 e. The molecule has 0 spiro atoms. The van der Waals surface area contributed by atoms with Crippen molar-refractivity contribution in [3.05, 3.63) is 199 Å². The summed E-state index contributed by atoms with van der Waals surface area (Å²) in [7, 11) is 0. The molecular formula is C49H35NO2. The number of hydrogen-bond acceptors (Lipinski definition) is 3. The molecule has 8 aromatic carbocycles. The number of rotatable bonds is 8. The third kappa shape index (κ3) is 5.13. The fourth-order valence-corrected chi connectivity index (χ4v) is 8.18. The predicted molar refractivity (Wildman–Crippen MR) is 216 cm³/mol. The van der Waals surface area contributed by atoms with Gasteiger partial charge in [0.1, 0.15) is 22.3 Å². The summed E-state index contributed by atoms with van der Waals surface area (Å²) in [6, 6.07) is 64.6. The minimum Gasteiger partial charge on any atom is -0.456 e. The summed E-state index contributed by atoms with van der Waals surface area (Å²) in [4.78, 5) is 2.31. The summed E-state index contributed by atoms with van der Waals surface area (Å²) in [6.07, 6.45) is 1.80. The average molecular weight is 670 g/mol. The monoisotopic (exact) mass is 669 g/mol. The number of anilines is 3. The topological polar surface area (TPSA) is 29.5 Å². The summed E-state index contributed by atoms with van der Waals surface area (Å²) in [6.45, 7) is 0. The lowest BCUT2D eigenvalue weighted by Crippen LogP contribution is -2.09. The summed E-state index contributed by atoms with van der Waals surface area (Å²) in [5.74, 6) is 0.153. The molecule has 248 valence electrons. The van der Waals surface area contributed by atoms with E-state index < -0.39 is 0 Å². The highest BCUT2D eigenvalue weighted by Crippen LogP contribution is 2.43. The Morgan fingerprint density at radius 3 is 1.79 bits per heavy atom. The highest BCUT2D eigenvalue weighted by molar-refractivity contribution is 6.20. The van der Waals surface area contributed by atoms with E-state index in [-0.39, 0.29) is 5.92 Å². The molecule has 1 atom stereocenters. The van der Waals surface area contributed by atoms with Gasteiger partial charge in [-0.15, -0.1) is 0 Å². The van der Waals surface area contributed by atoms with Crippen molar-refractivity contribution in [2.75, 3.05) is 4.90 Å². The van der Waals surface area contributed by atoms with E-state index >= 15 is 0 Å². The minimum absolute atomic E-state index is 0.153. The molecule has 0 saturated carbocycles. The molecule has 0 bridgehead atoms. The molecule has 2 heterocycles. The summed E-state index contributed by atoms with van der Waals surface area (Å²) in [5.41, 5.74) is 10.8. The highest BCUT2D eigenvalue weighted by Gasteiger charge is 2.22. The van der Waals surface area contributed by atoms with E-state index in [2.05, 4.69) is 181 Å². The predicted octanol–water partition coefficient (Wildman–Crippen LogP) is 13.9. The van der Waals surface area contributed by atoms with Gasteiger partial charge in [0.15, 0.2) is 0 Å². The zero-order valence-corrected chi connectivity index (χ0v) is 28.6. The number of hydrogen-bond donors (Lipinski definition) is 0. The van der Waals surface area contributed by atoms with Crippen molar-refractivity contribution in [3.63, 3.8) is 0 Å². The molecule has 0 amide bonds. The van der Waals surface area contributed by atoms with Crippen LogP contribution in [0.15, 0.2) is 191 Å². The minimum atomic E-state index is 0.153. The smallest absolute Gasteiger partial charge is 0.139 e. The second-order valence-electron chi connectivity index (χ2n) is 13.6. The largest absolute Gasteiger partial charge is 0.456 e. The molecule has 52 heavy (non-hydrogen) atoms. The molecule has 0 N–H and O–H groups in total. The Kier molecular flexibility index (Phi) is 7.35. The number of furan rings is 2. The van der Waals surface area contributed by atoms with Gasteiger partial charge in [0.2, 0.25) is 0 Å². The van der Waals surface area contributed by atoms with Crippen molar-refractivity contribution in [1.82, 2.24) is 0 Å². The molecule has 0 fully saturated rings. The number of para-hydroxylation sites is 4. The lowest BCUT2D eigenvalue weighted by Gasteiger charge is -2.25. The fourth-order valence-electron chi connectivity index (χ4n) is 8.18. The molecule has 0 saturated heterocycles.